The van der Waals surface area contributed by atoms with E-state index in [1.54, 1.807) is 29.1 Å². The number of benzene rings is 1. The van der Waals surface area contributed by atoms with Crippen LogP contribution in [0.3, 0.4) is 0 Å². The number of aliphatic hydroxyl groups excluding tert-OH is 1. The zero-order chi connectivity index (χ0) is 27.7. The van der Waals surface area contributed by atoms with Crippen molar-refractivity contribution in [3.8, 4) is 23.1 Å². The average Bonchev–Trinajstić information content (AvgIpc) is 3.62. The normalized spacial score (nSPS) is 21.6. The third kappa shape index (κ3) is 5.58. The molecule has 2 N–H and O–H groups in total. The second-order valence-corrected chi connectivity index (χ2v) is 9.77. The second kappa shape index (κ2) is 10.4. The molecular formula is C27H26F2N6O4. The molecule has 3 atom stereocenters. The van der Waals surface area contributed by atoms with Gasteiger partial charge in [-0.2, -0.15) is 10.4 Å². The van der Waals surface area contributed by atoms with E-state index < -0.39 is 31.1 Å². The maximum absolute atomic E-state index is 14.7. The highest BCUT2D eigenvalue weighted by Gasteiger charge is 2.48. The number of aromatic nitrogens is 3. The summed E-state index contributed by atoms with van der Waals surface area (Å²) in [6.07, 6.45) is 4.27. The Labute approximate surface area is 222 Å². The van der Waals surface area contributed by atoms with Gasteiger partial charge in [0.15, 0.2) is 6.10 Å². The van der Waals surface area contributed by atoms with E-state index in [0.29, 0.717) is 16.9 Å². The van der Waals surface area contributed by atoms with Crippen LogP contribution < -0.4 is 10.1 Å². The topological polar surface area (TPSA) is 133 Å². The van der Waals surface area contributed by atoms with Gasteiger partial charge in [-0.1, -0.05) is 0 Å². The van der Waals surface area contributed by atoms with Crippen molar-refractivity contribution in [1.82, 2.24) is 19.7 Å². The zero-order valence-corrected chi connectivity index (χ0v) is 21.1. The summed E-state index contributed by atoms with van der Waals surface area (Å²) < 4.78 is 36.6. The third-order valence-electron chi connectivity index (χ3n) is 6.99. The minimum atomic E-state index is -3.36. The average molecular weight is 537 g/mol. The highest BCUT2D eigenvalue weighted by atomic mass is 19.3. The molecule has 0 spiro atoms. The molecule has 2 aliphatic rings. The number of likely N-dealkylation sites (tertiary alicyclic amines) is 1. The Morgan fingerprint density at radius 1 is 1.31 bits per heavy atom. The Morgan fingerprint density at radius 2 is 2.13 bits per heavy atom. The molecule has 5 rings (SSSR count). The van der Waals surface area contributed by atoms with Crippen molar-refractivity contribution in [1.29, 1.82) is 5.26 Å². The van der Waals surface area contributed by atoms with Gasteiger partial charge in [0.1, 0.15) is 18.4 Å². The monoisotopic (exact) mass is 536 g/mol. The highest BCUT2D eigenvalue weighted by molar-refractivity contribution is 5.95. The molecule has 3 heterocycles. The van der Waals surface area contributed by atoms with Crippen molar-refractivity contribution >= 4 is 17.5 Å². The van der Waals surface area contributed by atoms with Gasteiger partial charge in [-0.3, -0.25) is 19.3 Å². The van der Waals surface area contributed by atoms with Crippen molar-refractivity contribution in [3.05, 3.63) is 60.0 Å². The van der Waals surface area contributed by atoms with Gasteiger partial charge in [-0.15, -0.1) is 0 Å². The van der Waals surface area contributed by atoms with Crippen molar-refractivity contribution in [3.63, 3.8) is 0 Å². The Bertz CT molecular complexity index is 1450. The number of nitriles is 1. The molecule has 39 heavy (non-hydrogen) atoms. The summed E-state index contributed by atoms with van der Waals surface area (Å²) in [7, 11) is 1.83. The molecule has 1 saturated heterocycles. The van der Waals surface area contributed by atoms with Crippen LogP contribution in [0.1, 0.15) is 29.9 Å². The van der Waals surface area contributed by atoms with Gasteiger partial charge in [-0.05, 0) is 48.2 Å². The number of nitrogens with one attached hydrogen (secondary N) is 1. The molecular weight excluding hydrogens is 510 g/mol. The van der Waals surface area contributed by atoms with Gasteiger partial charge in [0, 0.05) is 49.6 Å². The number of hydrogen-bond acceptors (Lipinski definition) is 7. The van der Waals surface area contributed by atoms with Crippen LogP contribution in [0.5, 0.6) is 5.75 Å². The number of nitrogens with zero attached hydrogens (tertiary/aromatic N) is 5. The van der Waals surface area contributed by atoms with Gasteiger partial charge in [0.2, 0.25) is 11.8 Å². The number of carbonyl (C=O) groups excluding carboxylic acids is 2. The number of anilines is 1. The van der Waals surface area contributed by atoms with Crippen molar-refractivity contribution in [2.45, 2.75) is 30.8 Å². The lowest BCUT2D eigenvalue weighted by Crippen LogP contribution is -2.55. The van der Waals surface area contributed by atoms with Crippen LogP contribution in [0.15, 0.2) is 48.9 Å². The predicted octanol–water partition coefficient (Wildman–Crippen LogP) is 2.70. The Kier molecular flexibility index (Phi) is 7.01. The first-order valence-electron chi connectivity index (χ1n) is 12.4. The van der Waals surface area contributed by atoms with E-state index >= 15 is 0 Å². The van der Waals surface area contributed by atoms with Crippen LogP contribution in [0.4, 0.5) is 14.5 Å². The molecule has 10 nitrogen and oxygen atoms in total. The molecule has 3 aromatic rings. The summed E-state index contributed by atoms with van der Waals surface area (Å²) in [4.78, 5) is 29.6. The fraction of sp³-hybridized carbons (Fsp3) is 0.370. The molecule has 1 aliphatic heterocycles. The van der Waals surface area contributed by atoms with Crippen LogP contribution in [-0.2, 0) is 16.6 Å². The number of halogens is 2. The quantitative estimate of drug-likeness (QED) is 0.474. The minimum Gasteiger partial charge on any atom is -0.483 e. The lowest BCUT2D eigenvalue weighted by atomic mass is 10.0. The lowest BCUT2D eigenvalue weighted by Gasteiger charge is -2.38. The number of hydrogen-bond donors (Lipinski definition) is 2. The number of alkyl halides is 2. The molecule has 1 aliphatic carbocycles. The Hall–Kier alpha value is -4.37. The summed E-state index contributed by atoms with van der Waals surface area (Å²) in [5, 5.41) is 25.7. The van der Waals surface area contributed by atoms with E-state index in [9.17, 15) is 23.6 Å². The molecule has 2 aromatic heterocycles. The van der Waals surface area contributed by atoms with Gasteiger partial charge >= 0.3 is 5.92 Å². The first-order chi connectivity index (χ1) is 18.7. The number of rotatable bonds is 7. The molecule has 0 bridgehead atoms. The number of aliphatic hydroxyl groups is 1. The van der Waals surface area contributed by atoms with Crippen LogP contribution >= 0.6 is 0 Å². The fourth-order valence-corrected chi connectivity index (χ4v) is 4.80. The number of piperidine rings is 1. The van der Waals surface area contributed by atoms with E-state index in [1.807, 2.05) is 19.3 Å². The fourth-order valence-electron chi connectivity index (χ4n) is 4.80. The summed E-state index contributed by atoms with van der Waals surface area (Å²) >= 11 is 0. The van der Waals surface area contributed by atoms with E-state index in [-0.39, 0.29) is 42.0 Å². The van der Waals surface area contributed by atoms with Crippen molar-refractivity contribution in [2.75, 3.05) is 25.0 Å². The summed E-state index contributed by atoms with van der Waals surface area (Å²) in [5.41, 5.74) is 2.65. The van der Waals surface area contributed by atoms with E-state index in [4.69, 9.17) is 9.84 Å². The maximum Gasteiger partial charge on any atom is 0.301 e. The van der Waals surface area contributed by atoms with E-state index in [0.717, 1.165) is 16.9 Å². The number of ether oxygens (including phenoxy) is 1. The third-order valence-corrected chi connectivity index (χ3v) is 6.99. The van der Waals surface area contributed by atoms with E-state index in [2.05, 4.69) is 15.4 Å². The summed E-state index contributed by atoms with van der Waals surface area (Å²) in [6.45, 7) is -1.71. The smallest absolute Gasteiger partial charge is 0.301 e. The van der Waals surface area contributed by atoms with Crippen molar-refractivity contribution < 1.29 is 28.2 Å². The molecule has 12 heteroatoms. The Morgan fingerprint density at radius 3 is 2.82 bits per heavy atom. The molecule has 0 unspecified atom stereocenters. The second-order valence-electron chi connectivity index (χ2n) is 9.77. The number of amides is 2. The molecule has 0 radical (unpaired) electrons. The van der Waals surface area contributed by atoms with Gasteiger partial charge in [0.25, 0.3) is 0 Å². The van der Waals surface area contributed by atoms with Gasteiger partial charge in [0.05, 0.1) is 24.0 Å². The number of carbonyl (C=O) groups is 2. The van der Waals surface area contributed by atoms with Crippen LogP contribution in [-0.4, -0.2) is 68.3 Å². The number of aryl methyl sites for hydroxylation is 1. The Balaban J connectivity index is 1.27. The van der Waals surface area contributed by atoms with Crippen LogP contribution in [0, 0.1) is 17.2 Å². The molecule has 1 saturated carbocycles. The largest absolute Gasteiger partial charge is 0.483 e. The lowest BCUT2D eigenvalue weighted by molar-refractivity contribution is -0.161. The van der Waals surface area contributed by atoms with E-state index in [1.165, 1.54) is 18.3 Å². The van der Waals surface area contributed by atoms with Gasteiger partial charge < -0.3 is 20.1 Å². The zero-order valence-electron chi connectivity index (χ0n) is 21.1. The summed E-state index contributed by atoms with van der Waals surface area (Å²) in [5.74, 6) is -4.24. The molecule has 202 valence electrons. The minimum absolute atomic E-state index is 0.00585. The molecule has 1 aromatic carbocycles. The summed E-state index contributed by atoms with van der Waals surface area (Å²) in [6, 6.07) is 9.86. The SMILES string of the molecule is Cn1cc([C@H]2C[C@@H]2C(=O)Nc2ccnc(-c3ccc(O[C@H]4CCN(C(=O)CO)CC4(F)F)c(C#N)c3)c2)cn1. The molecule has 2 fully saturated rings. The van der Waals surface area contributed by atoms with Crippen molar-refractivity contribution in [2.24, 2.45) is 13.0 Å². The number of pyridine rings is 1. The predicted molar refractivity (Wildman–Crippen MR) is 135 cm³/mol. The molecule has 2 amide bonds. The standard InChI is InChI=1S/C27H26F2N6O4/c1-34-13-18(12-32-34)20-10-21(20)26(38)33-19-4-6-31-22(9-19)16-2-3-23(17(8-16)11-30)39-24-5-7-35(25(37)14-36)15-27(24,28)29/h2-4,6,8-9,12-13,20-21,24,36H,5,7,10,14-15H2,1H3,(H,31,33,38)/t20-,21+,24+/m1/s1. The van der Waals surface area contributed by atoms with Gasteiger partial charge in [-0.25, -0.2) is 8.78 Å². The first-order valence-corrected chi connectivity index (χ1v) is 12.4. The van der Waals surface area contributed by atoms with Crippen LogP contribution in [0.2, 0.25) is 0 Å². The first kappa shape index (κ1) is 26.2. The highest BCUT2D eigenvalue weighted by Crippen LogP contribution is 2.47. The van der Waals surface area contributed by atoms with Crippen LogP contribution in [0.25, 0.3) is 11.3 Å². The maximum atomic E-state index is 14.7.